The summed E-state index contributed by atoms with van der Waals surface area (Å²) < 4.78 is 0. The van der Waals surface area contributed by atoms with Gasteiger partial charge in [-0.1, -0.05) is 39.3 Å². The lowest BCUT2D eigenvalue weighted by atomic mass is 9.99. The fourth-order valence-electron chi connectivity index (χ4n) is 1.53. The van der Waals surface area contributed by atoms with Gasteiger partial charge in [-0.3, -0.25) is 0 Å². The molecule has 0 saturated heterocycles. The summed E-state index contributed by atoms with van der Waals surface area (Å²) in [5.74, 6) is 0. The Morgan fingerprint density at radius 2 is 1.36 bits per heavy atom. The van der Waals surface area contributed by atoms with Gasteiger partial charge >= 0.3 is 0 Å². The van der Waals surface area contributed by atoms with Crippen LogP contribution in [0.1, 0.15) is 44.4 Å². The fraction of sp³-hybridized carbons (Fsp3) is 0.538. The smallest absolute Gasteiger partial charge is 0.0411 e. The van der Waals surface area contributed by atoms with E-state index in [4.69, 9.17) is 11.6 Å². The molecule has 1 aromatic carbocycles. The van der Waals surface area contributed by atoms with Crippen LogP contribution in [0.25, 0.3) is 0 Å². The molecular formula is C13H21Cl. The summed E-state index contributed by atoms with van der Waals surface area (Å²) >= 11 is 5.98. The zero-order valence-electron chi connectivity index (χ0n) is 9.95. The predicted molar refractivity (Wildman–Crippen MR) is 66.3 cm³/mol. The molecule has 1 aromatic rings. The summed E-state index contributed by atoms with van der Waals surface area (Å²) in [6, 6.07) is 4.13. The van der Waals surface area contributed by atoms with E-state index in [1.165, 1.54) is 16.7 Å². The normalized spacial score (nSPS) is 9.29. The van der Waals surface area contributed by atoms with Crippen LogP contribution in [0.2, 0.25) is 5.02 Å². The van der Waals surface area contributed by atoms with E-state index in [-0.39, 0.29) is 0 Å². The third kappa shape index (κ3) is 3.34. The van der Waals surface area contributed by atoms with Gasteiger partial charge in [-0.25, -0.2) is 0 Å². The number of aryl methyl sites for hydroxylation is 2. The van der Waals surface area contributed by atoms with E-state index in [0.717, 1.165) is 17.9 Å². The Kier molecular flexibility index (Phi) is 6.65. The van der Waals surface area contributed by atoms with Gasteiger partial charge in [-0.15, -0.1) is 0 Å². The van der Waals surface area contributed by atoms with Gasteiger partial charge < -0.3 is 0 Å². The third-order valence-corrected chi connectivity index (χ3v) is 2.57. The van der Waals surface area contributed by atoms with Crippen molar-refractivity contribution in [1.29, 1.82) is 0 Å². The standard InChI is InChI=1S/C11H15Cl.C2H6/c1-4-9-6-11(12)7-10(5-2)8(9)3;1-2/h6-7H,4-5H2,1-3H3;1-2H3. The molecular weight excluding hydrogens is 192 g/mol. The van der Waals surface area contributed by atoms with Crippen LogP contribution in [0, 0.1) is 6.92 Å². The second kappa shape index (κ2) is 6.89. The number of hydrogen-bond donors (Lipinski definition) is 0. The molecule has 0 unspecified atom stereocenters. The number of benzene rings is 1. The summed E-state index contributed by atoms with van der Waals surface area (Å²) in [5, 5.41) is 0.870. The Morgan fingerprint density at radius 3 is 1.64 bits per heavy atom. The highest BCUT2D eigenvalue weighted by molar-refractivity contribution is 6.30. The van der Waals surface area contributed by atoms with Crippen LogP contribution in [0.3, 0.4) is 0 Å². The first-order valence-electron chi connectivity index (χ1n) is 5.47. The van der Waals surface area contributed by atoms with Crippen LogP contribution in [-0.4, -0.2) is 0 Å². The maximum absolute atomic E-state index is 5.98. The molecule has 1 rings (SSSR count). The van der Waals surface area contributed by atoms with Gasteiger partial charge in [0.2, 0.25) is 0 Å². The van der Waals surface area contributed by atoms with Crippen molar-refractivity contribution in [1.82, 2.24) is 0 Å². The van der Waals surface area contributed by atoms with Crippen molar-refractivity contribution in [2.45, 2.75) is 47.5 Å². The van der Waals surface area contributed by atoms with Gasteiger partial charge in [0.25, 0.3) is 0 Å². The molecule has 1 heteroatoms. The van der Waals surface area contributed by atoms with Crippen LogP contribution in [-0.2, 0) is 12.8 Å². The summed E-state index contributed by atoms with van der Waals surface area (Å²) in [4.78, 5) is 0. The van der Waals surface area contributed by atoms with Crippen molar-refractivity contribution in [2.24, 2.45) is 0 Å². The van der Waals surface area contributed by atoms with Gasteiger partial charge in [0.15, 0.2) is 0 Å². The summed E-state index contributed by atoms with van der Waals surface area (Å²) in [6.45, 7) is 10.5. The van der Waals surface area contributed by atoms with E-state index in [1.807, 2.05) is 13.8 Å². The van der Waals surface area contributed by atoms with E-state index in [1.54, 1.807) is 0 Å². The minimum absolute atomic E-state index is 0.870. The summed E-state index contributed by atoms with van der Waals surface area (Å²) in [5.41, 5.74) is 4.16. The first-order chi connectivity index (χ1) is 6.69. The third-order valence-electron chi connectivity index (χ3n) is 2.35. The predicted octanol–water partition coefficient (Wildman–Crippen LogP) is 4.80. The van der Waals surface area contributed by atoms with E-state index >= 15 is 0 Å². The first-order valence-corrected chi connectivity index (χ1v) is 5.84. The highest BCUT2D eigenvalue weighted by Crippen LogP contribution is 2.21. The molecule has 14 heavy (non-hydrogen) atoms. The van der Waals surface area contributed by atoms with Crippen molar-refractivity contribution in [3.63, 3.8) is 0 Å². The Labute approximate surface area is 93.3 Å². The number of hydrogen-bond acceptors (Lipinski definition) is 0. The van der Waals surface area contributed by atoms with Crippen LogP contribution in [0.15, 0.2) is 12.1 Å². The monoisotopic (exact) mass is 212 g/mol. The van der Waals surface area contributed by atoms with Crippen molar-refractivity contribution in [3.05, 3.63) is 33.8 Å². The molecule has 0 N–H and O–H groups in total. The second-order valence-corrected chi connectivity index (χ2v) is 3.49. The zero-order valence-corrected chi connectivity index (χ0v) is 10.7. The molecule has 0 aliphatic heterocycles. The van der Waals surface area contributed by atoms with E-state index in [9.17, 15) is 0 Å². The van der Waals surface area contributed by atoms with E-state index < -0.39 is 0 Å². The average molecular weight is 213 g/mol. The molecule has 0 aliphatic rings. The Balaban J connectivity index is 0.000000791. The lowest BCUT2D eigenvalue weighted by Crippen LogP contribution is -1.93. The SMILES string of the molecule is CC.CCc1cc(Cl)cc(CC)c1C. The van der Waals surface area contributed by atoms with Crippen molar-refractivity contribution in [3.8, 4) is 0 Å². The maximum Gasteiger partial charge on any atom is 0.0411 e. The van der Waals surface area contributed by atoms with E-state index in [2.05, 4.69) is 32.9 Å². The molecule has 0 heterocycles. The second-order valence-electron chi connectivity index (χ2n) is 3.06. The average Bonchev–Trinajstić information content (AvgIpc) is 2.23. The highest BCUT2D eigenvalue weighted by atomic mass is 35.5. The van der Waals surface area contributed by atoms with Crippen molar-refractivity contribution >= 4 is 11.6 Å². The molecule has 0 bridgehead atoms. The molecule has 0 fully saturated rings. The minimum atomic E-state index is 0.870. The van der Waals surface area contributed by atoms with Gasteiger partial charge in [-0.2, -0.15) is 0 Å². The molecule has 0 amide bonds. The van der Waals surface area contributed by atoms with Crippen LogP contribution >= 0.6 is 11.6 Å². The minimum Gasteiger partial charge on any atom is -0.0843 e. The van der Waals surface area contributed by atoms with Gasteiger partial charge in [-0.05, 0) is 48.6 Å². The van der Waals surface area contributed by atoms with Crippen LogP contribution in [0.5, 0.6) is 0 Å². The molecule has 0 spiro atoms. The van der Waals surface area contributed by atoms with Crippen molar-refractivity contribution < 1.29 is 0 Å². The van der Waals surface area contributed by atoms with E-state index in [0.29, 0.717) is 0 Å². The van der Waals surface area contributed by atoms with Gasteiger partial charge in [0.05, 0.1) is 0 Å². The maximum atomic E-state index is 5.98. The van der Waals surface area contributed by atoms with Crippen LogP contribution in [0.4, 0.5) is 0 Å². The quantitative estimate of drug-likeness (QED) is 0.661. The van der Waals surface area contributed by atoms with Crippen molar-refractivity contribution in [2.75, 3.05) is 0 Å². The highest BCUT2D eigenvalue weighted by Gasteiger charge is 2.02. The summed E-state index contributed by atoms with van der Waals surface area (Å²) in [7, 11) is 0. The first kappa shape index (κ1) is 13.5. The zero-order chi connectivity index (χ0) is 11.1. The van der Waals surface area contributed by atoms with Gasteiger partial charge in [0, 0.05) is 5.02 Å². The molecule has 0 saturated carbocycles. The molecule has 80 valence electrons. The number of rotatable bonds is 2. The lowest BCUT2D eigenvalue weighted by Gasteiger charge is -2.08. The molecule has 0 aliphatic carbocycles. The Hall–Kier alpha value is -0.490. The fourth-order valence-corrected chi connectivity index (χ4v) is 1.80. The topological polar surface area (TPSA) is 0 Å². The number of halogens is 1. The van der Waals surface area contributed by atoms with Gasteiger partial charge in [0.1, 0.15) is 0 Å². The summed E-state index contributed by atoms with van der Waals surface area (Å²) in [6.07, 6.45) is 2.14. The van der Waals surface area contributed by atoms with Crippen LogP contribution < -0.4 is 0 Å². The molecule has 0 radical (unpaired) electrons. The Bertz CT molecular complexity index is 252. The molecule has 0 nitrogen and oxygen atoms in total. The molecule has 0 aromatic heterocycles. The lowest BCUT2D eigenvalue weighted by molar-refractivity contribution is 1.05. The largest absolute Gasteiger partial charge is 0.0843 e. The molecule has 0 atom stereocenters. The Morgan fingerprint density at radius 1 is 1.00 bits per heavy atom.